The van der Waals surface area contributed by atoms with E-state index in [-0.39, 0.29) is 22.9 Å². The third kappa shape index (κ3) is 2.34. The van der Waals surface area contributed by atoms with Crippen LogP contribution in [-0.4, -0.2) is 19.0 Å². The van der Waals surface area contributed by atoms with Crippen molar-refractivity contribution < 1.29 is 13.6 Å². The molecule has 1 heterocycles. The van der Waals surface area contributed by atoms with Gasteiger partial charge in [-0.1, -0.05) is 0 Å². The molecule has 1 atom stereocenters. The van der Waals surface area contributed by atoms with Crippen LogP contribution in [0.2, 0.25) is 0 Å². The van der Waals surface area contributed by atoms with Gasteiger partial charge in [-0.25, -0.2) is 8.78 Å². The van der Waals surface area contributed by atoms with E-state index in [0.717, 1.165) is 44.5 Å². The molecule has 1 aliphatic heterocycles. The van der Waals surface area contributed by atoms with Gasteiger partial charge in [0.15, 0.2) is 0 Å². The maximum absolute atomic E-state index is 13.5. The smallest absolute Gasteiger partial charge is 0.228 e. The number of hydrogen-bond acceptors (Lipinski definition) is 2. The molecule has 0 radical (unpaired) electrons. The van der Waals surface area contributed by atoms with Gasteiger partial charge in [0.2, 0.25) is 5.91 Å². The van der Waals surface area contributed by atoms with Gasteiger partial charge in [0.25, 0.3) is 0 Å². The van der Waals surface area contributed by atoms with E-state index >= 15 is 0 Å². The van der Waals surface area contributed by atoms with Gasteiger partial charge >= 0.3 is 0 Å². The Hall–Kier alpha value is -1.49. The molecule has 19 heavy (non-hydrogen) atoms. The van der Waals surface area contributed by atoms with Crippen molar-refractivity contribution in [3.63, 3.8) is 0 Å². The van der Waals surface area contributed by atoms with Gasteiger partial charge in [-0.05, 0) is 49.9 Å². The van der Waals surface area contributed by atoms with Crippen molar-refractivity contribution in [3.05, 3.63) is 29.8 Å². The van der Waals surface area contributed by atoms with Crippen LogP contribution in [0.5, 0.6) is 0 Å². The number of carbonyl (C=O) groups is 1. The number of hydrogen-bond donors (Lipinski definition) is 2. The fraction of sp³-hybridized carbons (Fsp3) is 0.500. The lowest BCUT2D eigenvalue weighted by atomic mass is 9.92. The summed E-state index contributed by atoms with van der Waals surface area (Å²) in [4.78, 5) is 12.1. The van der Waals surface area contributed by atoms with Crippen molar-refractivity contribution in [2.24, 2.45) is 11.3 Å². The van der Waals surface area contributed by atoms with Crippen molar-refractivity contribution in [1.29, 1.82) is 0 Å². The summed E-state index contributed by atoms with van der Waals surface area (Å²) >= 11 is 0. The highest BCUT2D eigenvalue weighted by Crippen LogP contribution is 2.58. The summed E-state index contributed by atoms with van der Waals surface area (Å²) in [5.74, 6) is -1.54. The van der Waals surface area contributed by atoms with Gasteiger partial charge in [-0.2, -0.15) is 0 Å². The Labute approximate surface area is 110 Å². The van der Waals surface area contributed by atoms with E-state index in [2.05, 4.69) is 10.6 Å². The van der Waals surface area contributed by atoms with Crippen molar-refractivity contribution in [2.45, 2.75) is 19.3 Å². The molecule has 1 aromatic rings. The topological polar surface area (TPSA) is 41.1 Å². The van der Waals surface area contributed by atoms with E-state index in [4.69, 9.17) is 0 Å². The summed E-state index contributed by atoms with van der Waals surface area (Å²) in [5.41, 5.74) is 0.175. The highest BCUT2D eigenvalue weighted by atomic mass is 19.1. The van der Waals surface area contributed by atoms with Gasteiger partial charge in [0.1, 0.15) is 11.6 Å². The van der Waals surface area contributed by atoms with Crippen LogP contribution in [0.15, 0.2) is 18.2 Å². The highest BCUT2D eigenvalue weighted by Gasteiger charge is 2.57. The summed E-state index contributed by atoms with van der Waals surface area (Å²) in [7, 11) is 0. The number of amides is 1. The molecule has 1 aliphatic carbocycles. The van der Waals surface area contributed by atoms with Crippen LogP contribution < -0.4 is 10.6 Å². The highest BCUT2D eigenvalue weighted by molar-refractivity contribution is 5.95. The number of piperidine rings is 1. The molecule has 102 valence electrons. The van der Waals surface area contributed by atoms with Crippen molar-refractivity contribution in [3.8, 4) is 0 Å². The quantitative estimate of drug-likeness (QED) is 0.862. The average Bonchev–Trinajstić information content (AvgIpc) is 3.07. The molecule has 0 aromatic heterocycles. The molecule has 5 heteroatoms. The number of nitrogens with one attached hydrogen (secondary N) is 2. The van der Waals surface area contributed by atoms with Crippen LogP contribution in [0.3, 0.4) is 0 Å². The molecular weight excluding hydrogens is 250 g/mol. The Morgan fingerprint density at radius 2 is 2.05 bits per heavy atom. The third-order valence-corrected chi connectivity index (χ3v) is 4.29. The molecule has 2 aliphatic rings. The normalized spacial score (nSPS) is 24.2. The minimum absolute atomic E-state index is 0.0287. The first kappa shape index (κ1) is 12.5. The first-order valence-corrected chi connectivity index (χ1v) is 6.57. The molecular formula is C14H16F2N2O. The van der Waals surface area contributed by atoms with E-state index < -0.39 is 11.6 Å². The van der Waals surface area contributed by atoms with Crippen LogP contribution in [0, 0.1) is 23.0 Å². The first-order chi connectivity index (χ1) is 9.11. The van der Waals surface area contributed by atoms with Gasteiger partial charge < -0.3 is 10.6 Å². The lowest BCUT2D eigenvalue weighted by Crippen LogP contribution is -2.31. The second-order valence-electron chi connectivity index (χ2n) is 5.48. The number of carbonyl (C=O) groups excluding carboxylic acids is 1. The van der Waals surface area contributed by atoms with Gasteiger partial charge in [0.05, 0.1) is 5.69 Å². The summed E-state index contributed by atoms with van der Waals surface area (Å²) < 4.78 is 26.2. The molecule has 0 bridgehead atoms. The van der Waals surface area contributed by atoms with Crippen molar-refractivity contribution in [2.75, 3.05) is 18.4 Å². The Morgan fingerprint density at radius 3 is 2.74 bits per heavy atom. The zero-order valence-corrected chi connectivity index (χ0v) is 10.5. The van der Waals surface area contributed by atoms with Gasteiger partial charge in [-0.15, -0.1) is 0 Å². The van der Waals surface area contributed by atoms with E-state index in [1.807, 2.05) is 0 Å². The maximum Gasteiger partial charge on any atom is 0.228 e. The molecule has 1 amide bonds. The molecule has 1 aromatic carbocycles. The molecule has 3 rings (SSSR count). The SMILES string of the molecule is O=C(Nc1ccc(F)cc1F)C1CC12CCNCC2. The zero-order valence-electron chi connectivity index (χ0n) is 10.5. The fourth-order valence-electron chi connectivity index (χ4n) is 3.01. The molecule has 2 fully saturated rings. The Morgan fingerprint density at radius 1 is 1.32 bits per heavy atom. The van der Waals surface area contributed by atoms with Crippen LogP contribution in [0.4, 0.5) is 14.5 Å². The molecule has 1 saturated heterocycles. The zero-order chi connectivity index (χ0) is 13.5. The fourth-order valence-corrected chi connectivity index (χ4v) is 3.01. The largest absolute Gasteiger partial charge is 0.323 e. The Bertz CT molecular complexity index is 512. The predicted octanol–water partition coefficient (Wildman–Crippen LogP) is 2.29. The van der Waals surface area contributed by atoms with E-state index in [0.29, 0.717) is 0 Å². The first-order valence-electron chi connectivity index (χ1n) is 6.57. The molecule has 1 saturated carbocycles. The second-order valence-corrected chi connectivity index (χ2v) is 5.48. The Kier molecular flexibility index (Phi) is 3.01. The van der Waals surface area contributed by atoms with E-state index in [1.165, 1.54) is 6.07 Å². The number of rotatable bonds is 2. The van der Waals surface area contributed by atoms with Gasteiger partial charge in [0, 0.05) is 12.0 Å². The standard InChI is InChI=1S/C14H16F2N2O/c15-9-1-2-12(11(16)7-9)18-13(19)10-8-14(10)3-5-17-6-4-14/h1-2,7,10,17H,3-6,8H2,(H,18,19). The van der Waals surface area contributed by atoms with Crippen LogP contribution in [-0.2, 0) is 4.79 Å². The minimum atomic E-state index is -0.728. The van der Waals surface area contributed by atoms with Crippen LogP contribution in [0.25, 0.3) is 0 Å². The van der Waals surface area contributed by atoms with E-state index in [1.54, 1.807) is 0 Å². The molecule has 1 unspecified atom stereocenters. The summed E-state index contributed by atoms with van der Waals surface area (Å²) in [6, 6.07) is 3.19. The Balaban J connectivity index is 1.66. The van der Waals surface area contributed by atoms with Crippen molar-refractivity contribution in [1.82, 2.24) is 5.32 Å². The minimum Gasteiger partial charge on any atom is -0.323 e. The van der Waals surface area contributed by atoms with Gasteiger partial charge in [-0.3, -0.25) is 4.79 Å². The molecule has 3 nitrogen and oxygen atoms in total. The average molecular weight is 266 g/mol. The van der Waals surface area contributed by atoms with Crippen LogP contribution in [0.1, 0.15) is 19.3 Å². The summed E-state index contributed by atoms with van der Waals surface area (Å²) in [6.07, 6.45) is 2.87. The second kappa shape index (κ2) is 4.56. The monoisotopic (exact) mass is 266 g/mol. The third-order valence-electron chi connectivity index (χ3n) is 4.29. The maximum atomic E-state index is 13.5. The summed E-state index contributed by atoms with van der Waals surface area (Å²) in [6.45, 7) is 1.88. The predicted molar refractivity (Wildman–Crippen MR) is 67.6 cm³/mol. The van der Waals surface area contributed by atoms with Crippen molar-refractivity contribution >= 4 is 11.6 Å². The molecule has 2 N–H and O–H groups in total. The summed E-state index contributed by atoms with van der Waals surface area (Å²) in [5, 5.41) is 5.84. The van der Waals surface area contributed by atoms with E-state index in [9.17, 15) is 13.6 Å². The lowest BCUT2D eigenvalue weighted by Gasteiger charge is -2.23. The molecule has 1 spiro atoms. The lowest BCUT2D eigenvalue weighted by molar-refractivity contribution is -0.118. The number of halogens is 2. The number of anilines is 1. The van der Waals surface area contributed by atoms with Crippen LogP contribution >= 0.6 is 0 Å². The number of benzene rings is 1.